The summed E-state index contributed by atoms with van der Waals surface area (Å²) in [6, 6.07) is 16.0. The van der Waals surface area contributed by atoms with Crippen molar-refractivity contribution in [3.8, 4) is 16.9 Å². The van der Waals surface area contributed by atoms with E-state index >= 15 is 0 Å². The summed E-state index contributed by atoms with van der Waals surface area (Å²) in [5.74, 6) is 2.04. The van der Waals surface area contributed by atoms with Crippen molar-refractivity contribution in [2.24, 2.45) is 11.8 Å². The second kappa shape index (κ2) is 8.13. The normalized spacial score (nSPS) is 18.3. The number of methoxy groups -OCH3 is 1. The first kappa shape index (κ1) is 18.1. The van der Waals surface area contributed by atoms with Gasteiger partial charge in [0.15, 0.2) is 0 Å². The first-order chi connectivity index (χ1) is 13.2. The number of nitrogens with one attached hydrogen (secondary N) is 1. The van der Waals surface area contributed by atoms with E-state index in [9.17, 15) is 4.79 Å². The highest BCUT2D eigenvalue weighted by atomic mass is 16.5. The predicted octanol–water partition coefficient (Wildman–Crippen LogP) is 4.42. The standard InChI is InChI=1S/C23H28N2O2/c1-27-22-7-3-5-20(15-22)19-4-2-6-21(14-19)24-23(26)18-10-12-25(13-11-18)16-17-8-9-17/h2-7,14-15,17-18H,8-13,16H2,1H3,(H,24,26). The molecule has 1 aliphatic carbocycles. The van der Waals surface area contributed by atoms with Crippen molar-refractivity contribution < 1.29 is 9.53 Å². The van der Waals surface area contributed by atoms with Crippen LogP contribution in [-0.4, -0.2) is 37.6 Å². The smallest absolute Gasteiger partial charge is 0.227 e. The molecule has 4 nitrogen and oxygen atoms in total. The number of anilines is 1. The van der Waals surface area contributed by atoms with E-state index in [1.807, 2.05) is 36.4 Å². The SMILES string of the molecule is COc1cccc(-c2cccc(NC(=O)C3CCN(CC4CC4)CC3)c2)c1. The summed E-state index contributed by atoms with van der Waals surface area (Å²) >= 11 is 0. The summed E-state index contributed by atoms with van der Waals surface area (Å²) in [6.07, 6.45) is 4.72. The van der Waals surface area contributed by atoms with Crippen LogP contribution >= 0.6 is 0 Å². The van der Waals surface area contributed by atoms with Crippen molar-refractivity contribution >= 4 is 11.6 Å². The molecule has 27 heavy (non-hydrogen) atoms. The average molecular weight is 364 g/mol. The molecule has 0 atom stereocenters. The van der Waals surface area contributed by atoms with E-state index in [-0.39, 0.29) is 11.8 Å². The zero-order valence-corrected chi connectivity index (χ0v) is 16.0. The van der Waals surface area contributed by atoms with Crippen molar-refractivity contribution in [2.45, 2.75) is 25.7 Å². The van der Waals surface area contributed by atoms with Gasteiger partial charge in [-0.15, -0.1) is 0 Å². The monoisotopic (exact) mass is 364 g/mol. The highest BCUT2D eigenvalue weighted by Crippen LogP contribution is 2.31. The van der Waals surface area contributed by atoms with Gasteiger partial charge in [-0.25, -0.2) is 0 Å². The van der Waals surface area contributed by atoms with Crippen LogP contribution in [0.2, 0.25) is 0 Å². The van der Waals surface area contributed by atoms with Gasteiger partial charge in [-0.05, 0) is 80.1 Å². The lowest BCUT2D eigenvalue weighted by Crippen LogP contribution is -2.39. The quantitative estimate of drug-likeness (QED) is 0.825. The molecule has 4 heteroatoms. The van der Waals surface area contributed by atoms with Gasteiger partial charge >= 0.3 is 0 Å². The maximum absolute atomic E-state index is 12.7. The summed E-state index contributed by atoms with van der Waals surface area (Å²) in [6.45, 7) is 3.34. The van der Waals surface area contributed by atoms with Crippen LogP contribution in [0.3, 0.4) is 0 Å². The number of piperidine rings is 1. The maximum atomic E-state index is 12.7. The van der Waals surface area contributed by atoms with Crippen molar-refractivity contribution in [3.63, 3.8) is 0 Å². The molecule has 1 aliphatic heterocycles. The molecule has 4 rings (SSSR count). The minimum atomic E-state index is 0.126. The third kappa shape index (κ3) is 4.69. The van der Waals surface area contributed by atoms with Crippen molar-refractivity contribution in [2.75, 3.05) is 32.1 Å². The van der Waals surface area contributed by atoms with E-state index in [0.717, 1.165) is 54.4 Å². The van der Waals surface area contributed by atoms with Crippen molar-refractivity contribution in [3.05, 3.63) is 48.5 Å². The first-order valence-corrected chi connectivity index (χ1v) is 9.99. The van der Waals surface area contributed by atoms with Gasteiger partial charge in [0.05, 0.1) is 7.11 Å². The summed E-state index contributed by atoms with van der Waals surface area (Å²) in [7, 11) is 1.67. The zero-order chi connectivity index (χ0) is 18.6. The number of nitrogens with zero attached hydrogens (tertiary/aromatic N) is 1. The number of benzene rings is 2. The van der Waals surface area contributed by atoms with E-state index < -0.39 is 0 Å². The van der Waals surface area contributed by atoms with Crippen molar-refractivity contribution in [1.82, 2.24) is 4.90 Å². The molecule has 1 amide bonds. The van der Waals surface area contributed by atoms with Gasteiger partial charge in [-0.2, -0.15) is 0 Å². The highest BCUT2D eigenvalue weighted by molar-refractivity contribution is 5.93. The van der Waals surface area contributed by atoms with Crippen LogP contribution in [0.4, 0.5) is 5.69 Å². The maximum Gasteiger partial charge on any atom is 0.227 e. The molecule has 1 saturated carbocycles. The number of rotatable bonds is 6. The molecule has 0 bridgehead atoms. The van der Waals surface area contributed by atoms with Crippen LogP contribution in [0, 0.1) is 11.8 Å². The van der Waals surface area contributed by atoms with Gasteiger partial charge in [0.1, 0.15) is 5.75 Å². The topological polar surface area (TPSA) is 41.6 Å². The van der Waals surface area contributed by atoms with E-state index in [4.69, 9.17) is 4.74 Å². The number of amides is 1. The molecule has 1 N–H and O–H groups in total. The van der Waals surface area contributed by atoms with Gasteiger partial charge in [-0.1, -0.05) is 24.3 Å². The third-order valence-corrected chi connectivity index (χ3v) is 5.70. The van der Waals surface area contributed by atoms with Gasteiger partial charge < -0.3 is 15.0 Å². The Morgan fingerprint density at radius 3 is 2.44 bits per heavy atom. The number of ether oxygens (including phenoxy) is 1. The summed E-state index contributed by atoms with van der Waals surface area (Å²) in [4.78, 5) is 15.2. The van der Waals surface area contributed by atoms with Gasteiger partial charge in [0.2, 0.25) is 5.91 Å². The molecular formula is C23H28N2O2. The predicted molar refractivity (Wildman–Crippen MR) is 109 cm³/mol. The van der Waals surface area contributed by atoms with Crippen molar-refractivity contribution in [1.29, 1.82) is 0 Å². The van der Waals surface area contributed by atoms with Gasteiger partial charge in [0, 0.05) is 18.2 Å². The molecular weight excluding hydrogens is 336 g/mol. The van der Waals surface area contributed by atoms with Crippen LogP contribution in [0.5, 0.6) is 5.75 Å². The summed E-state index contributed by atoms with van der Waals surface area (Å²) < 4.78 is 5.31. The zero-order valence-electron chi connectivity index (χ0n) is 16.0. The number of carbonyl (C=O) groups is 1. The number of carbonyl (C=O) groups excluding carboxylic acids is 1. The Bertz CT molecular complexity index is 792. The first-order valence-electron chi connectivity index (χ1n) is 9.99. The van der Waals surface area contributed by atoms with E-state index in [1.165, 1.54) is 19.4 Å². The Morgan fingerprint density at radius 1 is 1.04 bits per heavy atom. The van der Waals surface area contributed by atoms with Crippen LogP contribution in [-0.2, 0) is 4.79 Å². The molecule has 2 aromatic carbocycles. The largest absolute Gasteiger partial charge is 0.497 e. The molecule has 142 valence electrons. The minimum Gasteiger partial charge on any atom is -0.497 e. The summed E-state index contributed by atoms with van der Waals surface area (Å²) in [5.41, 5.74) is 3.02. The van der Waals surface area contributed by atoms with E-state index in [2.05, 4.69) is 22.3 Å². The lowest BCUT2D eigenvalue weighted by Gasteiger charge is -2.31. The molecule has 1 saturated heterocycles. The fourth-order valence-electron chi connectivity index (χ4n) is 3.87. The number of likely N-dealkylation sites (tertiary alicyclic amines) is 1. The minimum absolute atomic E-state index is 0.126. The molecule has 0 spiro atoms. The van der Waals surface area contributed by atoms with Crippen LogP contribution in [0.1, 0.15) is 25.7 Å². The fraction of sp³-hybridized carbons (Fsp3) is 0.435. The Morgan fingerprint density at radius 2 is 1.74 bits per heavy atom. The molecule has 1 heterocycles. The van der Waals surface area contributed by atoms with E-state index in [1.54, 1.807) is 7.11 Å². The van der Waals surface area contributed by atoms with E-state index in [0.29, 0.717) is 0 Å². The van der Waals surface area contributed by atoms with Crippen LogP contribution in [0.25, 0.3) is 11.1 Å². The fourth-order valence-corrected chi connectivity index (χ4v) is 3.87. The number of hydrogen-bond donors (Lipinski definition) is 1. The van der Waals surface area contributed by atoms with Crippen LogP contribution < -0.4 is 10.1 Å². The Labute approximate surface area is 161 Å². The van der Waals surface area contributed by atoms with Gasteiger partial charge in [0.25, 0.3) is 0 Å². The lowest BCUT2D eigenvalue weighted by molar-refractivity contribution is -0.121. The molecule has 0 unspecified atom stereocenters. The number of hydrogen-bond acceptors (Lipinski definition) is 3. The molecule has 2 aliphatic rings. The lowest BCUT2D eigenvalue weighted by atomic mass is 9.95. The Hall–Kier alpha value is -2.33. The van der Waals surface area contributed by atoms with Crippen LogP contribution in [0.15, 0.2) is 48.5 Å². The molecule has 0 radical (unpaired) electrons. The molecule has 2 fully saturated rings. The van der Waals surface area contributed by atoms with Gasteiger partial charge in [-0.3, -0.25) is 4.79 Å². The second-order valence-electron chi connectivity index (χ2n) is 7.82. The third-order valence-electron chi connectivity index (χ3n) is 5.70. The highest BCUT2D eigenvalue weighted by Gasteiger charge is 2.29. The second-order valence-corrected chi connectivity index (χ2v) is 7.82. The summed E-state index contributed by atoms with van der Waals surface area (Å²) in [5, 5.41) is 3.13. The Kier molecular flexibility index (Phi) is 5.44. The molecule has 2 aromatic rings. The Balaban J connectivity index is 1.37. The average Bonchev–Trinajstić information content (AvgIpc) is 3.53. The molecule has 0 aromatic heterocycles.